The highest BCUT2D eigenvalue weighted by Gasteiger charge is 2.33. The van der Waals surface area contributed by atoms with Crippen LogP contribution < -0.4 is 5.32 Å². The van der Waals surface area contributed by atoms with Gasteiger partial charge in [0.2, 0.25) is 0 Å². The topological polar surface area (TPSA) is 15.3 Å². The van der Waals surface area contributed by atoms with Gasteiger partial charge < -0.3 is 5.32 Å². The Kier molecular flexibility index (Phi) is 3.44. The van der Waals surface area contributed by atoms with Crippen molar-refractivity contribution in [3.05, 3.63) is 0 Å². The van der Waals surface area contributed by atoms with Crippen LogP contribution in [-0.2, 0) is 0 Å². The molecule has 0 saturated carbocycles. The number of hydrogen-bond donors (Lipinski definition) is 1. The fourth-order valence-electron chi connectivity index (χ4n) is 1.89. The van der Waals surface area contributed by atoms with Crippen LogP contribution in [0, 0.1) is 0 Å². The Morgan fingerprint density at radius 1 is 1.50 bits per heavy atom. The van der Waals surface area contributed by atoms with E-state index in [2.05, 4.69) is 36.6 Å². The summed E-state index contributed by atoms with van der Waals surface area (Å²) in [4.78, 5) is 0. The maximum Gasteiger partial charge on any atom is 0.0304 e. The van der Waals surface area contributed by atoms with Crippen molar-refractivity contribution >= 4 is 11.9 Å². The van der Waals surface area contributed by atoms with Gasteiger partial charge in [-0.1, -0.05) is 25.8 Å². The number of hydrogen-bond acceptors (Lipinski definition) is 3. The Labute approximate surface area is 80.2 Å². The quantitative estimate of drug-likeness (QED) is 0.679. The first-order chi connectivity index (χ1) is 5.56. The molecule has 1 rings (SSSR count). The van der Waals surface area contributed by atoms with Crippen molar-refractivity contribution in [1.29, 1.82) is 0 Å². The molecule has 1 atom stereocenters. The SMILES string of the molecule is CSN1CC[C@](C)(NC(C)C)C1. The van der Waals surface area contributed by atoms with Crippen molar-refractivity contribution in [2.45, 2.75) is 38.8 Å². The van der Waals surface area contributed by atoms with Gasteiger partial charge in [0.15, 0.2) is 0 Å². The van der Waals surface area contributed by atoms with Crippen LogP contribution in [0.25, 0.3) is 0 Å². The van der Waals surface area contributed by atoms with Crippen molar-refractivity contribution < 1.29 is 0 Å². The smallest absolute Gasteiger partial charge is 0.0304 e. The minimum atomic E-state index is 0.344. The van der Waals surface area contributed by atoms with Gasteiger partial charge in [-0.2, -0.15) is 0 Å². The van der Waals surface area contributed by atoms with Gasteiger partial charge in [-0.15, -0.1) is 0 Å². The Hall–Kier alpha value is 0.270. The van der Waals surface area contributed by atoms with Gasteiger partial charge in [0, 0.05) is 24.7 Å². The van der Waals surface area contributed by atoms with E-state index in [9.17, 15) is 0 Å². The third-order valence-corrected chi connectivity index (χ3v) is 3.16. The summed E-state index contributed by atoms with van der Waals surface area (Å²) in [6, 6.07) is 0.594. The second kappa shape index (κ2) is 3.99. The number of rotatable bonds is 3. The van der Waals surface area contributed by atoms with E-state index in [0.717, 1.165) is 0 Å². The van der Waals surface area contributed by atoms with Gasteiger partial charge in [0.1, 0.15) is 0 Å². The minimum absolute atomic E-state index is 0.344. The molecule has 72 valence electrons. The summed E-state index contributed by atoms with van der Waals surface area (Å²) < 4.78 is 2.43. The minimum Gasteiger partial charge on any atom is -0.308 e. The van der Waals surface area contributed by atoms with Crippen LogP contribution in [0.2, 0.25) is 0 Å². The van der Waals surface area contributed by atoms with Crippen LogP contribution in [0.4, 0.5) is 0 Å². The Bertz CT molecular complexity index is 149. The molecule has 3 heteroatoms. The predicted octanol–water partition coefficient (Wildman–Crippen LogP) is 1.73. The van der Waals surface area contributed by atoms with Crippen LogP contribution in [0.1, 0.15) is 27.2 Å². The number of nitrogens with one attached hydrogen (secondary N) is 1. The molecular weight excluding hydrogens is 168 g/mol. The summed E-state index contributed by atoms with van der Waals surface area (Å²) in [6.45, 7) is 9.15. The fraction of sp³-hybridized carbons (Fsp3) is 1.00. The first kappa shape index (κ1) is 10.4. The predicted molar refractivity (Wildman–Crippen MR) is 56.4 cm³/mol. The molecule has 0 bridgehead atoms. The molecule has 0 spiro atoms. The fourth-order valence-corrected chi connectivity index (χ4v) is 2.58. The summed E-state index contributed by atoms with van der Waals surface area (Å²) >= 11 is 1.86. The lowest BCUT2D eigenvalue weighted by Gasteiger charge is -2.28. The molecule has 1 N–H and O–H groups in total. The molecule has 1 heterocycles. The average molecular weight is 188 g/mol. The standard InChI is InChI=1S/C9H20N2S/c1-8(2)10-9(3)5-6-11(7-9)12-4/h8,10H,5-7H2,1-4H3/t9-/m0/s1. The molecule has 0 aromatic carbocycles. The van der Waals surface area contributed by atoms with Crippen LogP contribution in [0.5, 0.6) is 0 Å². The molecule has 1 fully saturated rings. The summed E-state index contributed by atoms with van der Waals surface area (Å²) in [5.74, 6) is 0. The second-order valence-electron chi connectivity index (χ2n) is 4.16. The summed E-state index contributed by atoms with van der Waals surface area (Å²) in [5, 5.41) is 3.63. The first-order valence-electron chi connectivity index (χ1n) is 4.62. The highest BCUT2D eigenvalue weighted by molar-refractivity contribution is 7.96. The van der Waals surface area contributed by atoms with Crippen LogP contribution in [-0.4, -0.2) is 35.2 Å². The number of nitrogens with zero attached hydrogens (tertiary/aromatic N) is 1. The zero-order chi connectivity index (χ0) is 9.19. The molecule has 1 aliphatic rings. The van der Waals surface area contributed by atoms with Crippen molar-refractivity contribution in [3.8, 4) is 0 Å². The molecule has 12 heavy (non-hydrogen) atoms. The molecule has 0 unspecified atom stereocenters. The van der Waals surface area contributed by atoms with E-state index in [0.29, 0.717) is 11.6 Å². The van der Waals surface area contributed by atoms with E-state index in [1.165, 1.54) is 19.5 Å². The van der Waals surface area contributed by atoms with Gasteiger partial charge in [-0.05, 0) is 19.6 Å². The van der Waals surface area contributed by atoms with E-state index in [4.69, 9.17) is 0 Å². The molecular formula is C9H20N2S. The largest absolute Gasteiger partial charge is 0.308 e. The van der Waals surface area contributed by atoms with Gasteiger partial charge in [0.05, 0.1) is 0 Å². The van der Waals surface area contributed by atoms with Crippen molar-refractivity contribution in [2.75, 3.05) is 19.3 Å². The molecule has 1 aliphatic heterocycles. The normalized spacial score (nSPS) is 31.8. The zero-order valence-corrected chi connectivity index (χ0v) is 9.37. The second-order valence-corrected chi connectivity index (χ2v) is 5.04. The van der Waals surface area contributed by atoms with Gasteiger partial charge >= 0.3 is 0 Å². The van der Waals surface area contributed by atoms with E-state index in [1.54, 1.807) is 0 Å². The van der Waals surface area contributed by atoms with E-state index >= 15 is 0 Å². The Morgan fingerprint density at radius 3 is 2.58 bits per heavy atom. The van der Waals surface area contributed by atoms with Crippen LogP contribution in [0.15, 0.2) is 0 Å². The van der Waals surface area contributed by atoms with Gasteiger partial charge in [0.25, 0.3) is 0 Å². The van der Waals surface area contributed by atoms with E-state index in [-0.39, 0.29) is 0 Å². The van der Waals surface area contributed by atoms with Crippen LogP contribution in [0.3, 0.4) is 0 Å². The molecule has 0 radical (unpaired) electrons. The lowest BCUT2D eigenvalue weighted by molar-refractivity contribution is 0.341. The maximum atomic E-state index is 3.63. The monoisotopic (exact) mass is 188 g/mol. The highest BCUT2D eigenvalue weighted by atomic mass is 32.2. The first-order valence-corrected chi connectivity index (χ1v) is 5.81. The third-order valence-electron chi connectivity index (χ3n) is 2.33. The molecule has 0 aromatic heterocycles. The van der Waals surface area contributed by atoms with Gasteiger partial charge in [-0.3, -0.25) is 0 Å². The highest BCUT2D eigenvalue weighted by Crippen LogP contribution is 2.25. The summed E-state index contributed by atoms with van der Waals surface area (Å²) in [5.41, 5.74) is 0.344. The van der Waals surface area contributed by atoms with Crippen LogP contribution >= 0.6 is 11.9 Å². The molecule has 2 nitrogen and oxygen atoms in total. The van der Waals surface area contributed by atoms with Crippen molar-refractivity contribution in [3.63, 3.8) is 0 Å². The summed E-state index contributed by atoms with van der Waals surface area (Å²) in [6.07, 6.45) is 3.42. The third kappa shape index (κ3) is 2.64. The molecule has 0 amide bonds. The molecule has 0 aromatic rings. The lowest BCUT2D eigenvalue weighted by Crippen LogP contribution is -2.47. The van der Waals surface area contributed by atoms with Crippen molar-refractivity contribution in [1.82, 2.24) is 9.62 Å². The Balaban J connectivity index is 2.41. The molecule has 0 aliphatic carbocycles. The lowest BCUT2D eigenvalue weighted by atomic mass is 10.0. The van der Waals surface area contributed by atoms with E-state index < -0.39 is 0 Å². The van der Waals surface area contributed by atoms with Gasteiger partial charge in [-0.25, -0.2) is 4.31 Å². The Morgan fingerprint density at radius 2 is 2.17 bits per heavy atom. The molecule has 1 saturated heterocycles. The summed E-state index contributed by atoms with van der Waals surface area (Å²) in [7, 11) is 0. The zero-order valence-electron chi connectivity index (χ0n) is 8.55. The van der Waals surface area contributed by atoms with E-state index in [1.807, 2.05) is 11.9 Å². The maximum absolute atomic E-state index is 3.63. The average Bonchev–Trinajstić information content (AvgIpc) is 2.30. The van der Waals surface area contributed by atoms with Crippen molar-refractivity contribution in [2.24, 2.45) is 0 Å².